The fourth-order valence-electron chi connectivity index (χ4n) is 2.25. The zero-order chi connectivity index (χ0) is 11.7. The van der Waals surface area contributed by atoms with Crippen LogP contribution < -0.4 is 5.01 Å². The van der Waals surface area contributed by atoms with Crippen molar-refractivity contribution in [1.29, 1.82) is 0 Å². The third kappa shape index (κ3) is 2.33. The van der Waals surface area contributed by atoms with E-state index in [4.69, 9.17) is 0 Å². The molecule has 0 saturated carbocycles. The molecule has 0 unspecified atom stereocenters. The summed E-state index contributed by atoms with van der Waals surface area (Å²) in [5.74, 6) is 0. The van der Waals surface area contributed by atoms with Crippen LogP contribution in [0.4, 0.5) is 5.69 Å². The molecule has 4 heteroatoms. The van der Waals surface area contributed by atoms with Crippen LogP contribution in [0.25, 0.3) is 0 Å². The number of pyridine rings is 1. The van der Waals surface area contributed by atoms with Crippen molar-refractivity contribution in [1.82, 2.24) is 9.99 Å². The van der Waals surface area contributed by atoms with Gasteiger partial charge < -0.3 is 5.01 Å². The van der Waals surface area contributed by atoms with Crippen LogP contribution in [-0.2, 0) is 13.1 Å². The van der Waals surface area contributed by atoms with Crippen LogP contribution in [0, 0.1) is 0 Å². The number of hydrogen-bond donors (Lipinski definition) is 0. The summed E-state index contributed by atoms with van der Waals surface area (Å²) in [7, 11) is 2.10. The number of halogens is 1. The number of rotatable bonds is 2. The number of nitrogens with zero attached hydrogens (tertiary/aromatic N) is 3. The first-order chi connectivity index (χ1) is 8.34. The standard InChI is InChI=1S/C14H15N3.ClH/c1-16(14-6-8-15-9-7-14)17-10-12-4-2-3-5-13(12)11-17;/h2-9H,10-11H2,1H3;1H. The van der Waals surface area contributed by atoms with Gasteiger partial charge in [-0.1, -0.05) is 24.3 Å². The number of hydrogen-bond acceptors (Lipinski definition) is 3. The van der Waals surface area contributed by atoms with Crippen molar-refractivity contribution in [3.8, 4) is 0 Å². The molecule has 0 aliphatic carbocycles. The van der Waals surface area contributed by atoms with E-state index in [1.165, 1.54) is 16.8 Å². The van der Waals surface area contributed by atoms with E-state index in [2.05, 4.69) is 46.3 Å². The Labute approximate surface area is 113 Å². The second-order valence-corrected chi connectivity index (χ2v) is 4.32. The Hall–Kier alpha value is -1.58. The van der Waals surface area contributed by atoms with Crippen molar-refractivity contribution in [2.45, 2.75) is 13.1 Å². The van der Waals surface area contributed by atoms with Crippen LogP contribution in [0.15, 0.2) is 48.8 Å². The van der Waals surface area contributed by atoms with Gasteiger partial charge in [-0.15, -0.1) is 12.4 Å². The molecule has 0 fully saturated rings. The smallest absolute Gasteiger partial charge is 0.0549 e. The molecule has 0 spiro atoms. The number of benzene rings is 1. The van der Waals surface area contributed by atoms with Gasteiger partial charge in [0, 0.05) is 32.5 Å². The van der Waals surface area contributed by atoms with Crippen molar-refractivity contribution in [3.63, 3.8) is 0 Å². The van der Waals surface area contributed by atoms with E-state index in [0.717, 1.165) is 13.1 Å². The van der Waals surface area contributed by atoms with E-state index < -0.39 is 0 Å². The van der Waals surface area contributed by atoms with E-state index in [0.29, 0.717) is 0 Å². The summed E-state index contributed by atoms with van der Waals surface area (Å²) in [4.78, 5) is 4.05. The maximum atomic E-state index is 4.05. The van der Waals surface area contributed by atoms with E-state index in [9.17, 15) is 0 Å². The SMILES string of the molecule is CN(c1ccncc1)N1Cc2ccccc2C1.Cl. The Morgan fingerprint density at radius 3 is 2.11 bits per heavy atom. The largest absolute Gasteiger partial charge is 0.308 e. The molecule has 3 nitrogen and oxygen atoms in total. The number of hydrazine groups is 1. The first-order valence-electron chi connectivity index (χ1n) is 5.80. The molecule has 0 N–H and O–H groups in total. The van der Waals surface area contributed by atoms with Crippen molar-refractivity contribution in [2.75, 3.05) is 12.1 Å². The summed E-state index contributed by atoms with van der Waals surface area (Å²) < 4.78 is 0. The lowest BCUT2D eigenvalue weighted by Gasteiger charge is -2.29. The summed E-state index contributed by atoms with van der Waals surface area (Å²) in [6.45, 7) is 1.96. The summed E-state index contributed by atoms with van der Waals surface area (Å²) in [6.07, 6.45) is 3.66. The maximum absolute atomic E-state index is 4.05. The fourth-order valence-corrected chi connectivity index (χ4v) is 2.25. The number of fused-ring (bicyclic) bond motifs is 1. The van der Waals surface area contributed by atoms with Crippen molar-refractivity contribution >= 4 is 18.1 Å². The molecule has 0 bridgehead atoms. The number of aromatic nitrogens is 1. The second-order valence-electron chi connectivity index (χ2n) is 4.32. The molecule has 0 saturated heterocycles. The molecular formula is C14H16ClN3. The monoisotopic (exact) mass is 261 g/mol. The highest BCUT2D eigenvalue weighted by Crippen LogP contribution is 2.25. The van der Waals surface area contributed by atoms with Gasteiger partial charge in [0.15, 0.2) is 0 Å². The molecule has 1 aromatic heterocycles. The first kappa shape index (κ1) is 12.9. The highest BCUT2D eigenvalue weighted by atomic mass is 35.5. The summed E-state index contributed by atoms with van der Waals surface area (Å²) in [6, 6.07) is 12.7. The lowest BCUT2D eigenvalue weighted by atomic mass is 10.1. The first-order valence-corrected chi connectivity index (χ1v) is 5.80. The van der Waals surface area contributed by atoms with Gasteiger partial charge in [0.1, 0.15) is 0 Å². The third-order valence-electron chi connectivity index (χ3n) is 3.28. The average Bonchev–Trinajstić information content (AvgIpc) is 2.82. The van der Waals surface area contributed by atoms with Crippen LogP contribution in [0.3, 0.4) is 0 Å². The highest BCUT2D eigenvalue weighted by molar-refractivity contribution is 5.85. The quantitative estimate of drug-likeness (QED) is 0.829. The minimum Gasteiger partial charge on any atom is -0.308 e. The van der Waals surface area contributed by atoms with E-state index in [-0.39, 0.29) is 12.4 Å². The molecule has 2 heterocycles. The third-order valence-corrected chi connectivity index (χ3v) is 3.28. The van der Waals surface area contributed by atoms with Gasteiger partial charge in [-0.05, 0) is 23.3 Å². The predicted octanol–water partition coefficient (Wildman–Crippen LogP) is 2.87. The van der Waals surface area contributed by atoms with Crippen molar-refractivity contribution in [3.05, 3.63) is 59.9 Å². The Kier molecular flexibility index (Phi) is 3.84. The van der Waals surface area contributed by atoms with Crippen molar-refractivity contribution in [2.24, 2.45) is 0 Å². The minimum atomic E-state index is 0. The molecular weight excluding hydrogens is 246 g/mol. The maximum Gasteiger partial charge on any atom is 0.0549 e. The molecule has 0 amide bonds. The minimum absolute atomic E-state index is 0. The van der Waals surface area contributed by atoms with Crippen LogP contribution in [-0.4, -0.2) is 17.0 Å². The summed E-state index contributed by atoms with van der Waals surface area (Å²) >= 11 is 0. The van der Waals surface area contributed by atoms with E-state index >= 15 is 0 Å². The van der Waals surface area contributed by atoms with Gasteiger partial charge >= 0.3 is 0 Å². The molecule has 3 rings (SSSR count). The molecule has 0 atom stereocenters. The Balaban J connectivity index is 0.00000120. The Morgan fingerprint density at radius 2 is 1.56 bits per heavy atom. The predicted molar refractivity (Wildman–Crippen MR) is 75.6 cm³/mol. The highest BCUT2D eigenvalue weighted by Gasteiger charge is 2.21. The van der Waals surface area contributed by atoms with Crippen LogP contribution in [0.1, 0.15) is 11.1 Å². The van der Waals surface area contributed by atoms with E-state index in [1.54, 1.807) is 0 Å². The lowest BCUT2D eigenvalue weighted by Crippen LogP contribution is -2.35. The molecule has 0 radical (unpaired) electrons. The molecule has 18 heavy (non-hydrogen) atoms. The van der Waals surface area contributed by atoms with Gasteiger partial charge in [-0.2, -0.15) is 0 Å². The van der Waals surface area contributed by atoms with Gasteiger partial charge in [-0.25, -0.2) is 5.01 Å². The molecule has 1 aliphatic rings. The van der Waals surface area contributed by atoms with Crippen LogP contribution >= 0.6 is 12.4 Å². The van der Waals surface area contributed by atoms with Gasteiger partial charge in [0.05, 0.1) is 5.69 Å². The normalized spacial score (nSPS) is 13.8. The molecule has 2 aromatic rings. The zero-order valence-electron chi connectivity index (χ0n) is 10.3. The zero-order valence-corrected chi connectivity index (χ0v) is 11.1. The van der Waals surface area contributed by atoms with Crippen molar-refractivity contribution < 1.29 is 0 Å². The fraction of sp³-hybridized carbons (Fsp3) is 0.214. The van der Waals surface area contributed by atoms with Gasteiger partial charge in [0.2, 0.25) is 0 Å². The second kappa shape index (κ2) is 5.38. The van der Waals surface area contributed by atoms with Crippen LogP contribution in [0.2, 0.25) is 0 Å². The number of anilines is 1. The van der Waals surface area contributed by atoms with Gasteiger partial charge in [-0.3, -0.25) is 4.98 Å². The Morgan fingerprint density at radius 1 is 1.00 bits per heavy atom. The summed E-state index contributed by atoms with van der Waals surface area (Å²) in [5.41, 5.74) is 4.02. The Bertz CT molecular complexity index is 490. The van der Waals surface area contributed by atoms with Crippen LogP contribution in [0.5, 0.6) is 0 Å². The van der Waals surface area contributed by atoms with E-state index in [1.807, 2.05) is 24.5 Å². The molecule has 1 aromatic carbocycles. The molecule has 1 aliphatic heterocycles. The molecule has 94 valence electrons. The topological polar surface area (TPSA) is 19.4 Å². The average molecular weight is 262 g/mol. The summed E-state index contributed by atoms with van der Waals surface area (Å²) in [5, 5.41) is 4.53. The van der Waals surface area contributed by atoms with Gasteiger partial charge in [0.25, 0.3) is 0 Å². The lowest BCUT2D eigenvalue weighted by molar-refractivity contribution is 0.274.